The number of hydrogen-bond acceptors (Lipinski definition) is 5. The lowest BCUT2D eigenvalue weighted by Crippen LogP contribution is -2.30. The zero-order valence-corrected chi connectivity index (χ0v) is 14.9. The van der Waals surface area contributed by atoms with E-state index in [0.717, 1.165) is 0 Å². The van der Waals surface area contributed by atoms with E-state index >= 15 is 0 Å². The van der Waals surface area contributed by atoms with Crippen molar-refractivity contribution in [1.82, 2.24) is 4.98 Å². The number of hydrogen-bond donors (Lipinski definition) is 1. The normalized spacial score (nSPS) is 11.5. The molecule has 0 spiro atoms. The van der Waals surface area contributed by atoms with Crippen molar-refractivity contribution in [3.8, 4) is 0 Å². The van der Waals surface area contributed by atoms with Crippen LogP contribution in [0.15, 0.2) is 36.5 Å². The monoisotopic (exact) mass is 380 g/mol. The number of esters is 1. The van der Waals surface area contributed by atoms with Crippen molar-refractivity contribution in [2.24, 2.45) is 0 Å². The number of nitrogens with one attached hydrogen (secondary N) is 1. The van der Waals surface area contributed by atoms with Crippen LogP contribution in [0, 0.1) is 0 Å². The van der Waals surface area contributed by atoms with Gasteiger partial charge in [-0.05, 0) is 32.0 Å². The molecule has 2 aromatic rings. The van der Waals surface area contributed by atoms with E-state index in [9.17, 15) is 14.4 Å². The summed E-state index contributed by atoms with van der Waals surface area (Å²) in [5.41, 5.74) is 0.966. The Bertz CT molecular complexity index is 839. The third-order valence-corrected chi connectivity index (χ3v) is 3.91. The number of amides is 1. The molecule has 1 aromatic carbocycles. The van der Waals surface area contributed by atoms with Gasteiger partial charge in [-0.1, -0.05) is 35.3 Å². The predicted octanol–water partition coefficient (Wildman–Crippen LogP) is 3.78. The lowest BCUT2D eigenvalue weighted by atomic mass is 10.1. The molecule has 1 N–H and O–H groups in total. The first kappa shape index (κ1) is 18.9. The molecule has 0 aliphatic heterocycles. The van der Waals surface area contributed by atoms with Crippen LogP contribution < -0.4 is 5.32 Å². The largest absolute Gasteiger partial charge is 0.449 e. The second kappa shape index (κ2) is 8.09. The van der Waals surface area contributed by atoms with Gasteiger partial charge in [0.1, 0.15) is 5.15 Å². The molecule has 1 heterocycles. The molecule has 8 heteroatoms. The smallest absolute Gasteiger partial charge is 0.340 e. The lowest BCUT2D eigenvalue weighted by molar-refractivity contribution is -0.123. The Morgan fingerprint density at radius 1 is 1.16 bits per heavy atom. The van der Waals surface area contributed by atoms with E-state index < -0.39 is 18.0 Å². The molecule has 0 saturated carbocycles. The number of ketones is 1. The van der Waals surface area contributed by atoms with Gasteiger partial charge in [0.05, 0.1) is 10.6 Å². The maximum Gasteiger partial charge on any atom is 0.340 e. The third kappa shape index (κ3) is 5.01. The van der Waals surface area contributed by atoms with Gasteiger partial charge in [-0.25, -0.2) is 9.78 Å². The van der Waals surface area contributed by atoms with Gasteiger partial charge >= 0.3 is 5.97 Å². The quantitative estimate of drug-likeness (QED) is 0.484. The van der Waals surface area contributed by atoms with Crippen LogP contribution in [0.25, 0.3) is 0 Å². The Kier molecular flexibility index (Phi) is 6.12. The van der Waals surface area contributed by atoms with E-state index in [0.29, 0.717) is 11.3 Å². The summed E-state index contributed by atoms with van der Waals surface area (Å²) in [6.45, 7) is 2.85. The summed E-state index contributed by atoms with van der Waals surface area (Å²) in [7, 11) is 0. The maximum atomic E-state index is 12.1. The van der Waals surface area contributed by atoms with Crippen LogP contribution in [0.3, 0.4) is 0 Å². The molecule has 0 bridgehead atoms. The number of rotatable bonds is 5. The van der Waals surface area contributed by atoms with Crippen LogP contribution in [0.1, 0.15) is 34.6 Å². The van der Waals surface area contributed by atoms with Crippen LogP contribution in [0.5, 0.6) is 0 Å². The van der Waals surface area contributed by atoms with E-state index in [1.807, 2.05) is 0 Å². The highest BCUT2D eigenvalue weighted by Crippen LogP contribution is 2.20. The molecule has 0 aliphatic carbocycles. The molecule has 6 nitrogen and oxygen atoms in total. The van der Waals surface area contributed by atoms with Crippen LogP contribution in [0.4, 0.5) is 5.69 Å². The van der Waals surface area contributed by atoms with E-state index in [1.54, 1.807) is 18.2 Å². The van der Waals surface area contributed by atoms with Gasteiger partial charge in [0.25, 0.3) is 5.91 Å². The highest BCUT2D eigenvalue weighted by molar-refractivity contribution is 6.41. The fraction of sp³-hybridized carbons (Fsp3) is 0.176. The van der Waals surface area contributed by atoms with Crippen molar-refractivity contribution in [1.29, 1.82) is 0 Å². The van der Waals surface area contributed by atoms with E-state index in [-0.39, 0.29) is 21.5 Å². The molecule has 1 atom stereocenters. The molecule has 1 aromatic heterocycles. The number of halogens is 2. The Morgan fingerprint density at radius 3 is 2.52 bits per heavy atom. The van der Waals surface area contributed by atoms with Crippen LogP contribution in [-0.4, -0.2) is 28.7 Å². The van der Waals surface area contributed by atoms with Gasteiger partial charge in [0.2, 0.25) is 0 Å². The van der Waals surface area contributed by atoms with Crippen molar-refractivity contribution in [3.05, 3.63) is 57.8 Å². The summed E-state index contributed by atoms with van der Waals surface area (Å²) in [6.07, 6.45) is 0.139. The van der Waals surface area contributed by atoms with E-state index in [1.165, 1.54) is 32.2 Å². The Hall–Kier alpha value is -2.44. The number of nitrogens with zero attached hydrogens (tertiary/aromatic N) is 1. The van der Waals surface area contributed by atoms with Crippen molar-refractivity contribution in [2.75, 3.05) is 5.32 Å². The number of carbonyl (C=O) groups excluding carboxylic acids is 3. The Morgan fingerprint density at radius 2 is 1.88 bits per heavy atom. The SMILES string of the molecule is CC(=O)c1cccc(NC(=O)[C@@H](C)OC(=O)c2cnc(Cl)c(Cl)c2)c1. The molecule has 1 amide bonds. The number of carbonyl (C=O) groups is 3. The summed E-state index contributed by atoms with van der Waals surface area (Å²) < 4.78 is 5.08. The fourth-order valence-electron chi connectivity index (χ4n) is 1.87. The number of ether oxygens (including phenoxy) is 1. The third-order valence-electron chi connectivity index (χ3n) is 3.22. The number of Topliss-reactive ketones (excluding diaryl/α,β-unsaturated/α-hetero) is 1. The molecular formula is C17H14Cl2N2O4. The zero-order chi connectivity index (χ0) is 18.6. The second-order valence-corrected chi connectivity index (χ2v) is 5.94. The minimum atomic E-state index is -1.07. The molecule has 0 unspecified atom stereocenters. The first-order chi connectivity index (χ1) is 11.8. The molecule has 130 valence electrons. The van der Waals surface area contributed by atoms with Gasteiger partial charge < -0.3 is 10.1 Å². The van der Waals surface area contributed by atoms with E-state index in [4.69, 9.17) is 27.9 Å². The summed E-state index contributed by atoms with van der Waals surface area (Å²) in [4.78, 5) is 39.3. The Balaban J connectivity index is 2.02. The van der Waals surface area contributed by atoms with Gasteiger partial charge in [-0.2, -0.15) is 0 Å². The average molecular weight is 381 g/mol. The first-order valence-corrected chi connectivity index (χ1v) is 7.97. The molecule has 2 rings (SSSR count). The van der Waals surface area contributed by atoms with Crippen molar-refractivity contribution < 1.29 is 19.1 Å². The topological polar surface area (TPSA) is 85.4 Å². The first-order valence-electron chi connectivity index (χ1n) is 7.22. The van der Waals surface area contributed by atoms with Crippen molar-refractivity contribution in [3.63, 3.8) is 0 Å². The number of aromatic nitrogens is 1. The molecule has 0 fully saturated rings. The maximum absolute atomic E-state index is 12.1. The minimum Gasteiger partial charge on any atom is -0.449 e. The highest BCUT2D eigenvalue weighted by atomic mass is 35.5. The molecular weight excluding hydrogens is 367 g/mol. The molecule has 0 aliphatic rings. The zero-order valence-electron chi connectivity index (χ0n) is 13.4. The predicted molar refractivity (Wildman–Crippen MR) is 94.2 cm³/mol. The van der Waals surface area contributed by atoms with Crippen LogP contribution in [0.2, 0.25) is 10.2 Å². The summed E-state index contributed by atoms with van der Waals surface area (Å²) in [5, 5.41) is 2.75. The molecule has 25 heavy (non-hydrogen) atoms. The van der Waals surface area contributed by atoms with Gasteiger partial charge in [0.15, 0.2) is 11.9 Å². The summed E-state index contributed by atoms with van der Waals surface area (Å²) >= 11 is 11.5. The molecule has 0 radical (unpaired) electrons. The summed E-state index contributed by atoms with van der Waals surface area (Å²) in [5.74, 6) is -1.42. The Labute approximate surface area is 154 Å². The lowest BCUT2D eigenvalue weighted by Gasteiger charge is -2.14. The highest BCUT2D eigenvalue weighted by Gasteiger charge is 2.20. The van der Waals surface area contributed by atoms with Gasteiger partial charge in [0, 0.05) is 17.4 Å². The van der Waals surface area contributed by atoms with Gasteiger partial charge in [-0.15, -0.1) is 0 Å². The fourth-order valence-corrected chi connectivity index (χ4v) is 2.14. The average Bonchev–Trinajstić information content (AvgIpc) is 2.57. The standard InChI is InChI=1S/C17H14Cl2N2O4/c1-9(22)11-4-3-5-13(6-11)21-16(23)10(2)25-17(24)12-7-14(18)15(19)20-8-12/h3-8,10H,1-2H3,(H,21,23)/t10-/m1/s1. The second-order valence-electron chi connectivity index (χ2n) is 5.17. The minimum absolute atomic E-state index is 0.0642. The van der Waals surface area contributed by atoms with E-state index in [2.05, 4.69) is 10.3 Å². The van der Waals surface area contributed by atoms with Crippen molar-refractivity contribution >= 4 is 46.5 Å². The van der Waals surface area contributed by atoms with Crippen molar-refractivity contribution in [2.45, 2.75) is 20.0 Å². The van der Waals surface area contributed by atoms with Crippen LogP contribution >= 0.6 is 23.2 Å². The van der Waals surface area contributed by atoms with Crippen LogP contribution in [-0.2, 0) is 9.53 Å². The van der Waals surface area contributed by atoms with Gasteiger partial charge in [-0.3, -0.25) is 9.59 Å². The summed E-state index contributed by atoms with van der Waals surface area (Å²) in [6, 6.07) is 7.75. The number of anilines is 1. The number of benzene rings is 1. The number of pyridine rings is 1. The molecule has 0 saturated heterocycles.